The van der Waals surface area contributed by atoms with Crippen LogP contribution >= 0.6 is 0 Å². The van der Waals surface area contributed by atoms with Gasteiger partial charge in [0.2, 0.25) is 5.91 Å². The van der Waals surface area contributed by atoms with Crippen LogP contribution < -0.4 is 10.6 Å². The topological polar surface area (TPSA) is 61.4 Å². The molecular weight excluding hydrogens is 168 g/mol. The molecule has 1 amide bonds. The van der Waals surface area contributed by atoms with Gasteiger partial charge in [0, 0.05) is 0 Å². The SMILES string of the molecule is CC[C@H](CO)NC(=O)C(C)(C)NC. The number of rotatable bonds is 5. The Labute approximate surface area is 79.7 Å². The fourth-order valence-electron chi connectivity index (χ4n) is 0.756. The van der Waals surface area contributed by atoms with Gasteiger partial charge in [-0.05, 0) is 27.3 Å². The van der Waals surface area contributed by atoms with Crippen LogP contribution in [0.1, 0.15) is 27.2 Å². The van der Waals surface area contributed by atoms with Crippen LogP contribution in [-0.4, -0.2) is 36.2 Å². The lowest BCUT2D eigenvalue weighted by molar-refractivity contribution is -0.127. The van der Waals surface area contributed by atoms with E-state index >= 15 is 0 Å². The summed E-state index contributed by atoms with van der Waals surface area (Å²) in [6.07, 6.45) is 0.738. The number of amides is 1. The van der Waals surface area contributed by atoms with E-state index in [0.717, 1.165) is 6.42 Å². The van der Waals surface area contributed by atoms with Gasteiger partial charge in [0.25, 0.3) is 0 Å². The summed E-state index contributed by atoms with van der Waals surface area (Å²) in [5, 5.41) is 14.5. The van der Waals surface area contributed by atoms with Crippen LogP contribution in [0, 0.1) is 0 Å². The number of aliphatic hydroxyl groups excluding tert-OH is 1. The highest BCUT2D eigenvalue weighted by Gasteiger charge is 2.26. The maximum Gasteiger partial charge on any atom is 0.240 e. The zero-order valence-electron chi connectivity index (χ0n) is 8.85. The lowest BCUT2D eigenvalue weighted by Crippen LogP contribution is -2.54. The highest BCUT2D eigenvalue weighted by molar-refractivity contribution is 5.85. The Hall–Kier alpha value is -0.610. The zero-order valence-corrected chi connectivity index (χ0v) is 8.85. The van der Waals surface area contributed by atoms with Crippen molar-refractivity contribution in [3.8, 4) is 0 Å². The standard InChI is InChI=1S/C9H20N2O2/c1-5-7(6-12)11-8(13)9(2,3)10-4/h7,10,12H,5-6H2,1-4H3,(H,11,13)/t7-/m1/s1. The minimum Gasteiger partial charge on any atom is -0.394 e. The van der Waals surface area contributed by atoms with Crippen molar-refractivity contribution in [2.45, 2.75) is 38.8 Å². The highest BCUT2D eigenvalue weighted by Crippen LogP contribution is 2.01. The third kappa shape index (κ3) is 3.74. The number of hydrogen-bond acceptors (Lipinski definition) is 3. The third-order valence-electron chi connectivity index (χ3n) is 2.24. The van der Waals surface area contributed by atoms with Crippen LogP contribution in [0.2, 0.25) is 0 Å². The second-order valence-electron chi connectivity index (χ2n) is 3.64. The summed E-state index contributed by atoms with van der Waals surface area (Å²) in [4.78, 5) is 11.5. The van der Waals surface area contributed by atoms with Crippen LogP contribution in [-0.2, 0) is 4.79 Å². The van der Waals surface area contributed by atoms with Crippen LogP contribution in [0.25, 0.3) is 0 Å². The van der Waals surface area contributed by atoms with Gasteiger partial charge in [-0.3, -0.25) is 4.79 Å². The molecule has 0 aromatic carbocycles. The van der Waals surface area contributed by atoms with Gasteiger partial charge in [-0.25, -0.2) is 0 Å². The molecule has 0 saturated heterocycles. The van der Waals surface area contributed by atoms with Crippen molar-refractivity contribution in [3.63, 3.8) is 0 Å². The predicted molar refractivity (Wildman–Crippen MR) is 52.4 cm³/mol. The van der Waals surface area contributed by atoms with Crippen LogP contribution in [0.3, 0.4) is 0 Å². The number of carbonyl (C=O) groups is 1. The molecule has 3 N–H and O–H groups in total. The van der Waals surface area contributed by atoms with Crippen molar-refractivity contribution in [1.29, 1.82) is 0 Å². The first-order valence-electron chi connectivity index (χ1n) is 4.58. The predicted octanol–water partition coefficient (Wildman–Crippen LogP) is -0.128. The molecule has 4 nitrogen and oxygen atoms in total. The van der Waals surface area contributed by atoms with Gasteiger partial charge in [0.1, 0.15) is 0 Å². The molecule has 0 aliphatic carbocycles. The van der Waals surface area contributed by atoms with Gasteiger partial charge in [-0.2, -0.15) is 0 Å². The zero-order chi connectivity index (χ0) is 10.5. The normalized spacial score (nSPS) is 13.9. The molecule has 1 atom stereocenters. The lowest BCUT2D eigenvalue weighted by Gasteiger charge is -2.25. The summed E-state index contributed by atoms with van der Waals surface area (Å²) < 4.78 is 0. The molecule has 0 saturated carbocycles. The molecule has 0 radical (unpaired) electrons. The van der Waals surface area contributed by atoms with Crippen molar-refractivity contribution in [2.24, 2.45) is 0 Å². The first-order valence-corrected chi connectivity index (χ1v) is 4.58. The summed E-state index contributed by atoms with van der Waals surface area (Å²) in [7, 11) is 1.74. The van der Waals surface area contributed by atoms with Gasteiger partial charge in [0.15, 0.2) is 0 Å². The molecule has 0 bridgehead atoms. The molecule has 13 heavy (non-hydrogen) atoms. The average Bonchev–Trinajstić information content (AvgIpc) is 2.13. The van der Waals surface area contributed by atoms with E-state index in [4.69, 9.17) is 5.11 Å². The first kappa shape index (κ1) is 12.4. The van der Waals surface area contributed by atoms with Crippen LogP contribution in [0.4, 0.5) is 0 Å². The molecule has 0 fully saturated rings. The number of hydrogen-bond donors (Lipinski definition) is 3. The van der Waals surface area contributed by atoms with E-state index in [2.05, 4.69) is 10.6 Å². The summed E-state index contributed by atoms with van der Waals surface area (Å²) in [6, 6.07) is -0.139. The molecule has 0 unspecified atom stereocenters. The van der Waals surface area contributed by atoms with Crippen molar-refractivity contribution >= 4 is 5.91 Å². The third-order valence-corrected chi connectivity index (χ3v) is 2.24. The fourth-order valence-corrected chi connectivity index (χ4v) is 0.756. The van der Waals surface area contributed by atoms with E-state index < -0.39 is 5.54 Å². The Bertz CT molecular complexity index is 165. The largest absolute Gasteiger partial charge is 0.394 e. The molecule has 4 heteroatoms. The van der Waals surface area contributed by atoms with Crippen LogP contribution in [0.15, 0.2) is 0 Å². The number of carbonyl (C=O) groups excluding carboxylic acids is 1. The second kappa shape index (κ2) is 5.19. The Morgan fingerprint density at radius 3 is 2.38 bits per heavy atom. The molecule has 0 aromatic rings. The highest BCUT2D eigenvalue weighted by atomic mass is 16.3. The summed E-state index contributed by atoms with van der Waals surface area (Å²) in [5.74, 6) is -0.0871. The van der Waals surface area contributed by atoms with E-state index in [1.807, 2.05) is 6.92 Å². The smallest absolute Gasteiger partial charge is 0.240 e. The molecule has 0 aliphatic rings. The van der Waals surface area contributed by atoms with E-state index in [1.54, 1.807) is 20.9 Å². The fraction of sp³-hybridized carbons (Fsp3) is 0.889. The molecule has 0 spiro atoms. The van der Waals surface area contributed by atoms with E-state index in [1.165, 1.54) is 0 Å². The molecule has 0 aromatic heterocycles. The Morgan fingerprint density at radius 1 is 1.54 bits per heavy atom. The number of nitrogens with one attached hydrogen (secondary N) is 2. The molecular formula is C9H20N2O2. The number of aliphatic hydroxyl groups is 1. The maximum absolute atomic E-state index is 11.5. The van der Waals surface area contributed by atoms with Crippen molar-refractivity contribution in [2.75, 3.05) is 13.7 Å². The summed E-state index contributed by atoms with van der Waals surface area (Å²) >= 11 is 0. The monoisotopic (exact) mass is 188 g/mol. The minimum absolute atomic E-state index is 0.0119. The molecule has 0 aliphatic heterocycles. The second-order valence-corrected chi connectivity index (χ2v) is 3.64. The molecule has 0 rings (SSSR count). The summed E-state index contributed by atoms with van der Waals surface area (Å²) in [5.41, 5.74) is -0.581. The molecule has 0 heterocycles. The van der Waals surface area contributed by atoms with Crippen LogP contribution in [0.5, 0.6) is 0 Å². The van der Waals surface area contributed by atoms with Gasteiger partial charge in [0.05, 0.1) is 18.2 Å². The molecule has 78 valence electrons. The van der Waals surface area contributed by atoms with Gasteiger partial charge in [-0.15, -0.1) is 0 Å². The Morgan fingerprint density at radius 2 is 2.08 bits per heavy atom. The van der Waals surface area contributed by atoms with E-state index in [0.29, 0.717) is 0 Å². The Kier molecular flexibility index (Phi) is 4.95. The van der Waals surface area contributed by atoms with Gasteiger partial charge in [-0.1, -0.05) is 6.92 Å². The lowest BCUT2D eigenvalue weighted by atomic mass is 10.0. The Balaban J connectivity index is 4.13. The van der Waals surface area contributed by atoms with E-state index in [9.17, 15) is 4.79 Å². The maximum atomic E-state index is 11.5. The minimum atomic E-state index is -0.581. The van der Waals surface area contributed by atoms with Gasteiger partial charge >= 0.3 is 0 Å². The first-order chi connectivity index (χ1) is 5.97. The van der Waals surface area contributed by atoms with Gasteiger partial charge < -0.3 is 15.7 Å². The average molecular weight is 188 g/mol. The summed E-state index contributed by atoms with van der Waals surface area (Å²) in [6.45, 7) is 5.51. The van der Waals surface area contributed by atoms with Crippen molar-refractivity contribution in [3.05, 3.63) is 0 Å². The van der Waals surface area contributed by atoms with Crippen molar-refractivity contribution < 1.29 is 9.90 Å². The van der Waals surface area contributed by atoms with Crippen molar-refractivity contribution in [1.82, 2.24) is 10.6 Å². The number of likely N-dealkylation sites (N-methyl/N-ethyl adjacent to an activating group) is 1. The quantitative estimate of drug-likeness (QED) is 0.563. The van der Waals surface area contributed by atoms with E-state index in [-0.39, 0.29) is 18.6 Å².